The Hall–Kier alpha value is -5.04. The second-order valence-electron chi connectivity index (χ2n) is 10.7. The molecule has 7 aromatic carbocycles. The minimum atomic E-state index is -3.07. The number of nitrogens with zero attached hydrogens (tertiary/aromatic N) is 1. The van der Waals surface area contributed by atoms with Crippen LogP contribution in [0.15, 0.2) is 158 Å². The van der Waals surface area contributed by atoms with Crippen LogP contribution in [0.2, 0.25) is 0 Å². The SMILES string of the molecule is O=P(c1ccccc1)(c1ccccc1)c1ccc(-c2c3cc4ccccc4cc3nc3ccc4ccccc4c23)cc1. The zero-order valence-corrected chi connectivity index (χ0v) is 23.7. The molecule has 1 heterocycles. The summed E-state index contributed by atoms with van der Waals surface area (Å²) in [6, 6.07) is 53.8. The molecule has 1 aromatic heterocycles. The predicted molar refractivity (Wildman–Crippen MR) is 179 cm³/mol. The van der Waals surface area contributed by atoms with Crippen molar-refractivity contribution in [2.75, 3.05) is 0 Å². The first kappa shape index (κ1) is 24.7. The van der Waals surface area contributed by atoms with Crippen molar-refractivity contribution in [1.29, 1.82) is 0 Å². The van der Waals surface area contributed by atoms with Gasteiger partial charge in [-0.1, -0.05) is 140 Å². The van der Waals surface area contributed by atoms with Crippen molar-refractivity contribution in [1.82, 2.24) is 4.98 Å². The van der Waals surface area contributed by atoms with Gasteiger partial charge in [0.05, 0.1) is 11.0 Å². The fourth-order valence-corrected chi connectivity index (χ4v) is 8.91. The van der Waals surface area contributed by atoms with E-state index >= 15 is 4.57 Å². The summed E-state index contributed by atoms with van der Waals surface area (Å²) < 4.78 is 15.0. The first-order chi connectivity index (χ1) is 20.7. The van der Waals surface area contributed by atoms with Crippen molar-refractivity contribution in [3.05, 3.63) is 158 Å². The van der Waals surface area contributed by atoms with Gasteiger partial charge in [-0.15, -0.1) is 0 Å². The predicted octanol–water partition coefficient (Wildman–Crippen LogP) is 9.00. The van der Waals surface area contributed by atoms with Crippen molar-refractivity contribution in [2.24, 2.45) is 0 Å². The highest BCUT2D eigenvalue weighted by atomic mass is 31.2. The van der Waals surface area contributed by atoms with E-state index in [2.05, 4.69) is 97.1 Å². The lowest BCUT2D eigenvalue weighted by Crippen LogP contribution is -2.24. The first-order valence-corrected chi connectivity index (χ1v) is 15.9. The summed E-state index contributed by atoms with van der Waals surface area (Å²) in [5, 5.41) is 9.45. The molecule has 3 heteroatoms. The van der Waals surface area contributed by atoms with Crippen LogP contribution in [0.1, 0.15) is 0 Å². The molecular formula is C39H26NOP. The smallest absolute Gasteiger partial charge is 0.171 e. The van der Waals surface area contributed by atoms with Gasteiger partial charge in [0, 0.05) is 32.2 Å². The van der Waals surface area contributed by atoms with Crippen LogP contribution in [0.3, 0.4) is 0 Å². The van der Waals surface area contributed by atoms with Crippen LogP contribution in [0.4, 0.5) is 0 Å². The molecule has 2 nitrogen and oxygen atoms in total. The fraction of sp³-hybridized carbons (Fsp3) is 0. The molecule has 0 radical (unpaired) electrons. The standard InChI is InChI=1S/C39H26NOP/c41-42(31-14-3-1-4-15-31,32-16-5-2-6-17-32)33-22-19-28(20-23-33)38-35-25-29-12-7-8-13-30(29)26-37(35)40-36-24-21-27-11-9-10-18-34(27)39(36)38/h1-26H. The molecule has 0 bridgehead atoms. The van der Waals surface area contributed by atoms with E-state index in [1.807, 2.05) is 60.7 Å². The lowest BCUT2D eigenvalue weighted by Gasteiger charge is -2.21. The van der Waals surface area contributed by atoms with Gasteiger partial charge in [0.25, 0.3) is 0 Å². The summed E-state index contributed by atoms with van der Waals surface area (Å²) in [7, 11) is -3.07. The lowest BCUT2D eigenvalue weighted by molar-refractivity contribution is 0.592. The van der Waals surface area contributed by atoms with Gasteiger partial charge in [-0.3, -0.25) is 0 Å². The average Bonchev–Trinajstić information content (AvgIpc) is 3.07. The van der Waals surface area contributed by atoms with Crippen LogP contribution < -0.4 is 15.9 Å². The van der Waals surface area contributed by atoms with E-state index in [4.69, 9.17) is 4.98 Å². The maximum atomic E-state index is 15.0. The quantitative estimate of drug-likeness (QED) is 0.123. The molecule has 0 saturated carbocycles. The van der Waals surface area contributed by atoms with E-state index in [-0.39, 0.29) is 0 Å². The molecule has 0 N–H and O–H groups in total. The third-order valence-electron chi connectivity index (χ3n) is 8.29. The van der Waals surface area contributed by atoms with Crippen LogP contribution >= 0.6 is 7.14 Å². The van der Waals surface area contributed by atoms with Gasteiger partial charge < -0.3 is 4.57 Å². The van der Waals surface area contributed by atoms with Crippen molar-refractivity contribution >= 4 is 66.4 Å². The largest absolute Gasteiger partial charge is 0.309 e. The Morgan fingerprint density at radius 3 is 1.64 bits per heavy atom. The van der Waals surface area contributed by atoms with Crippen LogP contribution in [0, 0.1) is 0 Å². The van der Waals surface area contributed by atoms with Crippen LogP contribution in [0.5, 0.6) is 0 Å². The Balaban J connectivity index is 1.42. The topological polar surface area (TPSA) is 30.0 Å². The number of pyridine rings is 1. The molecule has 0 spiro atoms. The van der Waals surface area contributed by atoms with Gasteiger partial charge in [-0.05, 0) is 45.3 Å². The number of fused-ring (bicyclic) bond motifs is 5. The molecule has 0 unspecified atom stereocenters. The van der Waals surface area contributed by atoms with Gasteiger partial charge in [-0.2, -0.15) is 0 Å². The van der Waals surface area contributed by atoms with Gasteiger partial charge in [0.1, 0.15) is 0 Å². The Labute approximate surface area is 244 Å². The highest BCUT2D eigenvalue weighted by Gasteiger charge is 2.29. The summed E-state index contributed by atoms with van der Waals surface area (Å²) in [5.41, 5.74) is 4.17. The molecule has 0 saturated heterocycles. The second kappa shape index (κ2) is 9.80. The van der Waals surface area contributed by atoms with Gasteiger partial charge in [0.15, 0.2) is 7.14 Å². The van der Waals surface area contributed by atoms with E-state index in [0.29, 0.717) is 0 Å². The lowest BCUT2D eigenvalue weighted by atomic mass is 9.92. The molecule has 0 aliphatic rings. The summed E-state index contributed by atoms with van der Waals surface area (Å²) in [6.45, 7) is 0. The van der Waals surface area contributed by atoms with Crippen molar-refractivity contribution in [3.63, 3.8) is 0 Å². The van der Waals surface area contributed by atoms with Gasteiger partial charge in [0.2, 0.25) is 0 Å². The third kappa shape index (κ3) is 3.88. The molecule has 0 atom stereocenters. The molecular weight excluding hydrogens is 529 g/mol. The zero-order chi connectivity index (χ0) is 28.1. The zero-order valence-electron chi connectivity index (χ0n) is 22.8. The first-order valence-electron chi connectivity index (χ1n) is 14.2. The Bertz CT molecular complexity index is 2270. The summed E-state index contributed by atoms with van der Waals surface area (Å²) in [6.07, 6.45) is 0. The van der Waals surface area contributed by atoms with Crippen molar-refractivity contribution in [2.45, 2.75) is 0 Å². The molecule has 42 heavy (non-hydrogen) atoms. The molecule has 0 aliphatic heterocycles. The molecule has 8 rings (SSSR count). The minimum absolute atomic E-state index is 0.821. The average molecular weight is 556 g/mol. The maximum absolute atomic E-state index is 15.0. The number of aromatic nitrogens is 1. The normalized spacial score (nSPS) is 11.9. The summed E-state index contributed by atoms with van der Waals surface area (Å²) in [4.78, 5) is 5.16. The molecule has 0 fully saturated rings. The second-order valence-corrected chi connectivity index (χ2v) is 13.5. The van der Waals surface area contributed by atoms with E-state index < -0.39 is 7.14 Å². The van der Waals surface area contributed by atoms with Gasteiger partial charge in [-0.25, -0.2) is 4.98 Å². The maximum Gasteiger partial charge on any atom is 0.171 e. The third-order valence-corrected chi connectivity index (χ3v) is 11.4. The molecule has 198 valence electrons. The molecule has 8 aromatic rings. The summed E-state index contributed by atoms with van der Waals surface area (Å²) in [5.74, 6) is 0. The van der Waals surface area contributed by atoms with E-state index in [0.717, 1.165) is 48.8 Å². The highest BCUT2D eigenvalue weighted by Crippen LogP contribution is 2.44. The number of rotatable bonds is 4. The monoisotopic (exact) mass is 555 g/mol. The van der Waals surface area contributed by atoms with Gasteiger partial charge >= 0.3 is 0 Å². The Morgan fingerprint density at radius 1 is 0.429 bits per heavy atom. The van der Waals surface area contributed by atoms with Crippen LogP contribution in [-0.4, -0.2) is 4.98 Å². The number of hydrogen-bond acceptors (Lipinski definition) is 2. The number of benzene rings is 7. The van der Waals surface area contributed by atoms with Crippen LogP contribution in [0.25, 0.3) is 54.5 Å². The van der Waals surface area contributed by atoms with E-state index in [9.17, 15) is 0 Å². The van der Waals surface area contributed by atoms with E-state index in [1.165, 1.54) is 21.5 Å². The fourth-order valence-electron chi connectivity index (χ4n) is 6.26. The number of hydrogen-bond donors (Lipinski definition) is 0. The van der Waals surface area contributed by atoms with Crippen LogP contribution in [-0.2, 0) is 4.57 Å². The molecule has 0 amide bonds. The minimum Gasteiger partial charge on any atom is -0.309 e. The van der Waals surface area contributed by atoms with Crippen molar-refractivity contribution < 1.29 is 4.57 Å². The Kier molecular flexibility index (Phi) is 5.77. The Morgan fingerprint density at radius 2 is 0.976 bits per heavy atom. The van der Waals surface area contributed by atoms with E-state index in [1.54, 1.807) is 0 Å². The molecule has 0 aliphatic carbocycles. The summed E-state index contributed by atoms with van der Waals surface area (Å²) >= 11 is 0. The highest BCUT2D eigenvalue weighted by molar-refractivity contribution is 7.85. The van der Waals surface area contributed by atoms with Crippen molar-refractivity contribution in [3.8, 4) is 11.1 Å².